The Morgan fingerprint density at radius 3 is 1.71 bits per heavy atom. The van der Waals surface area contributed by atoms with Crippen molar-refractivity contribution in [3.8, 4) is 0 Å². The minimum Gasteiger partial charge on any atom is -0.134 e. The number of allylic oxidation sites excluding steroid dienone is 1. The highest BCUT2D eigenvalue weighted by Crippen LogP contribution is 1.98. The molecule has 0 aliphatic carbocycles. The molecule has 0 heterocycles. The first-order valence-electron chi connectivity index (χ1n) is 1.57. The summed E-state index contributed by atoms with van der Waals surface area (Å²) in [5.41, 5.74) is 0. The van der Waals surface area contributed by atoms with Crippen LogP contribution in [-0.4, -0.2) is 9.79 Å². The summed E-state index contributed by atoms with van der Waals surface area (Å²) in [5.74, 6) is 0. The second kappa shape index (κ2) is 9.23. The monoisotopic (exact) mass is 123 g/mol. The third-order valence-corrected chi connectivity index (χ3v) is 0. The van der Waals surface area contributed by atoms with Gasteiger partial charge in [-0.25, -0.2) is 0 Å². The molecule has 0 radical (unpaired) electrons. The van der Waals surface area contributed by atoms with Crippen LogP contribution in [0.3, 0.4) is 0 Å². The number of hydrogen-bond donors (Lipinski definition) is 2. The van der Waals surface area contributed by atoms with Gasteiger partial charge < -0.3 is 0 Å². The molecule has 0 saturated heterocycles. The lowest BCUT2D eigenvalue weighted by Gasteiger charge is -1.34. The Balaban J connectivity index is 0. The maximum absolute atomic E-state index is 8.70. The summed E-state index contributed by atoms with van der Waals surface area (Å²) in [4.78, 5) is 14.2. The Kier molecular flexibility index (Phi) is 13.1. The average molecular weight is 123 g/mol. The summed E-state index contributed by atoms with van der Waals surface area (Å²) >= 11 is 0. The summed E-state index contributed by atoms with van der Waals surface area (Å²) in [5, 5.41) is 0. The van der Waals surface area contributed by atoms with Crippen LogP contribution in [0.4, 0.5) is 0 Å². The quantitative estimate of drug-likeness (QED) is 0.370. The van der Waals surface area contributed by atoms with Crippen molar-refractivity contribution < 1.29 is 14.4 Å². The van der Waals surface area contributed by atoms with E-state index in [1.165, 1.54) is 0 Å². The second-order valence-electron chi connectivity index (χ2n) is 0.661. The van der Waals surface area contributed by atoms with E-state index in [1.54, 1.807) is 6.08 Å². The first-order chi connectivity index (χ1) is 3.15. The van der Waals surface area contributed by atoms with E-state index in [0.29, 0.717) is 0 Å². The van der Waals surface area contributed by atoms with Crippen LogP contribution in [0.5, 0.6) is 0 Å². The molecule has 7 heavy (non-hydrogen) atoms. The fraction of sp³-hybridized carbons (Fsp3) is 0.333. The Bertz CT molecular complexity index is 57.2. The molecular weight excluding hydrogens is 115 g/mol. The van der Waals surface area contributed by atoms with Gasteiger partial charge in [0.25, 0.3) is 0 Å². The number of rotatable bonds is 0. The normalized spacial score (nSPS) is 5.57. The fourth-order valence-corrected chi connectivity index (χ4v) is 0. The standard InChI is InChI=1S/C3H6.HO3P/c1-3-2;1-4(2)3/h3H,1H2,2H3;(H-,1,2,3)/p+1. The predicted molar refractivity (Wildman–Crippen MR) is 27.9 cm³/mol. The molecule has 0 aromatic heterocycles. The van der Waals surface area contributed by atoms with E-state index in [2.05, 4.69) is 6.58 Å². The third kappa shape index (κ3) is 1410. The van der Waals surface area contributed by atoms with E-state index in [9.17, 15) is 0 Å². The Morgan fingerprint density at radius 1 is 1.71 bits per heavy atom. The van der Waals surface area contributed by atoms with Crippen LogP contribution in [0.2, 0.25) is 0 Å². The molecule has 0 rings (SSSR count). The van der Waals surface area contributed by atoms with Crippen LogP contribution in [-0.2, 0) is 4.57 Å². The highest BCUT2D eigenvalue weighted by atomic mass is 31.1. The van der Waals surface area contributed by atoms with Gasteiger partial charge in [-0.2, -0.15) is 0 Å². The molecule has 0 aliphatic rings. The highest BCUT2D eigenvalue weighted by Gasteiger charge is 1.93. The van der Waals surface area contributed by atoms with Crippen LogP contribution in [0.25, 0.3) is 0 Å². The molecule has 0 unspecified atom stereocenters. The summed E-state index contributed by atoms with van der Waals surface area (Å²) in [6, 6.07) is 0. The van der Waals surface area contributed by atoms with Gasteiger partial charge in [0.05, 0.1) is 0 Å². The van der Waals surface area contributed by atoms with Crippen molar-refractivity contribution in [3.05, 3.63) is 12.7 Å². The zero-order chi connectivity index (χ0) is 6.28. The van der Waals surface area contributed by atoms with Crippen LogP contribution in [0.15, 0.2) is 12.7 Å². The Hall–Kier alpha value is -0.240. The van der Waals surface area contributed by atoms with E-state index < -0.39 is 8.25 Å². The zero-order valence-corrected chi connectivity index (χ0v) is 4.93. The molecule has 42 valence electrons. The third-order valence-electron chi connectivity index (χ3n) is 0. The Morgan fingerprint density at radius 2 is 1.71 bits per heavy atom. The van der Waals surface area contributed by atoms with Crippen molar-refractivity contribution in [2.24, 2.45) is 0 Å². The van der Waals surface area contributed by atoms with Crippen molar-refractivity contribution in [2.75, 3.05) is 0 Å². The van der Waals surface area contributed by atoms with Crippen molar-refractivity contribution in [1.29, 1.82) is 0 Å². The van der Waals surface area contributed by atoms with Gasteiger partial charge >= 0.3 is 8.25 Å². The number of hydrogen-bond acceptors (Lipinski definition) is 1. The lowest BCUT2D eigenvalue weighted by molar-refractivity contribution is 0.405. The van der Waals surface area contributed by atoms with Gasteiger partial charge in [-0.1, -0.05) is 6.08 Å². The van der Waals surface area contributed by atoms with Gasteiger partial charge in [-0.05, 0) is 6.92 Å². The van der Waals surface area contributed by atoms with Crippen LogP contribution in [0.1, 0.15) is 6.92 Å². The minimum absolute atomic E-state index is 1.75. The van der Waals surface area contributed by atoms with Gasteiger partial charge in [0.2, 0.25) is 0 Å². The van der Waals surface area contributed by atoms with Crippen LogP contribution >= 0.6 is 8.25 Å². The largest absolute Gasteiger partial charge is 0.692 e. The van der Waals surface area contributed by atoms with Crippen LogP contribution < -0.4 is 0 Å². The minimum atomic E-state index is -2.87. The van der Waals surface area contributed by atoms with E-state index in [1.807, 2.05) is 6.92 Å². The van der Waals surface area contributed by atoms with Crippen molar-refractivity contribution in [3.63, 3.8) is 0 Å². The highest BCUT2D eigenvalue weighted by molar-refractivity contribution is 7.30. The molecule has 0 spiro atoms. The maximum Gasteiger partial charge on any atom is 0.692 e. The van der Waals surface area contributed by atoms with Crippen LogP contribution in [0, 0.1) is 0 Å². The average Bonchev–Trinajstić information content (AvgIpc) is 1.33. The molecule has 4 heteroatoms. The molecular formula is C3H8O3P+. The summed E-state index contributed by atoms with van der Waals surface area (Å²) < 4.78 is 8.70. The predicted octanol–water partition coefficient (Wildman–Crippen LogP) is 0.821. The molecule has 0 aromatic rings. The summed E-state index contributed by atoms with van der Waals surface area (Å²) in [6.45, 7) is 5.25. The van der Waals surface area contributed by atoms with E-state index in [-0.39, 0.29) is 0 Å². The Labute approximate surface area is 43.3 Å². The summed E-state index contributed by atoms with van der Waals surface area (Å²) in [6.07, 6.45) is 1.75. The first-order valence-corrected chi connectivity index (χ1v) is 2.73. The summed E-state index contributed by atoms with van der Waals surface area (Å²) in [7, 11) is -2.87. The molecule has 0 aromatic carbocycles. The van der Waals surface area contributed by atoms with Crippen molar-refractivity contribution in [2.45, 2.75) is 6.92 Å². The first kappa shape index (κ1) is 9.90. The topological polar surface area (TPSA) is 57.5 Å². The van der Waals surface area contributed by atoms with Gasteiger partial charge in [0.1, 0.15) is 0 Å². The molecule has 2 N–H and O–H groups in total. The molecule has 0 fully saturated rings. The van der Waals surface area contributed by atoms with Crippen molar-refractivity contribution in [1.82, 2.24) is 0 Å². The fourth-order valence-electron chi connectivity index (χ4n) is 0. The van der Waals surface area contributed by atoms with E-state index in [0.717, 1.165) is 0 Å². The van der Waals surface area contributed by atoms with Gasteiger partial charge in [0.15, 0.2) is 0 Å². The molecule has 3 nitrogen and oxygen atoms in total. The van der Waals surface area contributed by atoms with E-state index in [4.69, 9.17) is 14.4 Å². The maximum atomic E-state index is 8.70. The van der Waals surface area contributed by atoms with Gasteiger partial charge in [0, 0.05) is 4.57 Å². The molecule has 0 saturated carbocycles. The SMILES string of the molecule is C=CC.O=[P+](O)O. The van der Waals surface area contributed by atoms with Gasteiger partial charge in [-0.3, -0.25) is 0 Å². The smallest absolute Gasteiger partial charge is 0.134 e. The second-order valence-corrected chi connectivity index (χ2v) is 1.17. The van der Waals surface area contributed by atoms with Crippen molar-refractivity contribution >= 4 is 8.25 Å². The lowest BCUT2D eigenvalue weighted by atomic mass is 10.8. The van der Waals surface area contributed by atoms with Gasteiger partial charge in [-0.15, -0.1) is 16.4 Å². The molecule has 0 bridgehead atoms. The molecule has 0 aliphatic heterocycles. The molecule has 0 atom stereocenters. The lowest BCUT2D eigenvalue weighted by Crippen LogP contribution is -1.38. The zero-order valence-electron chi connectivity index (χ0n) is 4.03. The van der Waals surface area contributed by atoms with E-state index >= 15 is 0 Å². The molecule has 0 amide bonds.